The molecule has 2 heterocycles. The van der Waals surface area contributed by atoms with Gasteiger partial charge in [-0.3, -0.25) is 14.9 Å². The van der Waals surface area contributed by atoms with Crippen LogP contribution in [-0.2, 0) is 17.6 Å². The summed E-state index contributed by atoms with van der Waals surface area (Å²) < 4.78 is 10.4. The molecule has 0 unspecified atom stereocenters. The number of carbonyl (C=O) groups excluding carboxylic acids is 2. The lowest BCUT2D eigenvalue weighted by atomic mass is 10.2. The number of ether oxygens (including phenoxy) is 2. The molecule has 8 heteroatoms. The summed E-state index contributed by atoms with van der Waals surface area (Å²) in [4.78, 5) is 31.6. The minimum Gasteiger partial charge on any atom is -0.497 e. The summed E-state index contributed by atoms with van der Waals surface area (Å²) in [5.41, 5.74) is 3.18. The van der Waals surface area contributed by atoms with Crippen molar-refractivity contribution < 1.29 is 19.1 Å². The third-order valence-corrected chi connectivity index (χ3v) is 5.71. The monoisotopic (exact) mass is 423 g/mol. The normalized spacial score (nSPS) is 12.4. The molecule has 1 aromatic heterocycles. The Morgan fingerprint density at radius 1 is 1.13 bits per heavy atom. The number of thiazole rings is 1. The van der Waals surface area contributed by atoms with Crippen LogP contribution >= 0.6 is 11.3 Å². The van der Waals surface area contributed by atoms with Gasteiger partial charge in [-0.25, -0.2) is 4.98 Å². The number of carbonyl (C=O) groups is 2. The zero-order chi connectivity index (χ0) is 21.1. The topological polar surface area (TPSA) is 80.8 Å². The van der Waals surface area contributed by atoms with E-state index in [1.807, 2.05) is 24.3 Å². The average molecular weight is 423 g/mol. The van der Waals surface area contributed by atoms with Crippen molar-refractivity contribution in [2.24, 2.45) is 0 Å². The fourth-order valence-electron chi connectivity index (χ4n) is 3.40. The maximum absolute atomic E-state index is 12.7. The van der Waals surface area contributed by atoms with Crippen LogP contribution in [0.5, 0.6) is 11.5 Å². The van der Waals surface area contributed by atoms with Crippen molar-refractivity contribution in [1.82, 2.24) is 4.98 Å². The molecule has 0 fully saturated rings. The van der Waals surface area contributed by atoms with E-state index in [2.05, 4.69) is 10.3 Å². The van der Waals surface area contributed by atoms with Crippen LogP contribution in [0.2, 0.25) is 0 Å². The van der Waals surface area contributed by atoms with E-state index >= 15 is 0 Å². The van der Waals surface area contributed by atoms with Gasteiger partial charge in [0.15, 0.2) is 5.13 Å². The SMILES string of the molecule is COc1cc(OC)cc(C(=O)Nc2nc(CC(=O)N3CCc4ccccc43)cs2)c1. The number of amides is 2. The van der Waals surface area contributed by atoms with Crippen molar-refractivity contribution in [3.8, 4) is 11.5 Å². The fraction of sp³-hybridized carbons (Fsp3) is 0.227. The van der Waals surface area contributed by atoms with E-state index in [-0.39, 0.29) is 18.2 Å². The number of benzene rings is 2. The molecule has 0 saturated carbocycles. The van der Waals surface area contributed by atoms with Crippen LogP contribution < -0.4 is 19.7 Å². The number of fused-ring (bicyclic) bond motifs is 1. The quantitative estimate of drug-likeness (QED) is 0.656. The predicted octanol–water partition coefficient (Wildman–Crippen LogP) is 3.54. The lowest BCUT2D eigenvalue weighted by Crippen LogP contribution is -2.30. The third kappa shape index (κ3) is 4.13. The Hall–Kier alpha value is -3.39. The molecule has 0 aliphatic carbocycles. The number of methoxy groups -OCH3 is 2. The molecular formula is C22H21N3O4S. The number of anilines is 2. The molecule has 30 heavy (non-hydrogen) atoms. The highest BCUT2D eigenvalue weighted by molar-refractivity contribution is 7.14. The Kier molecular flexibility index (Phi) is 5.67. The maximum Gasteiger partial charge on any atom is 0.257 e. The van der Waals surface area contributed by atoms with Gasteiger partial charge in [0.2, 0.25) is 5.91 Å². The first kappa shape index (κ1) is 19.9. The van der Waals surface area contributed by atoms with Crippen LogP contribution in [0, 0.1) is 0 Å². The summed E-state index contributed by atoms with van der Waals surface area (Å²) in [6.07, 6.45) is 1.05. The maximum atomic E-state index is 12.7. The van der Waals surface area contributed by atoms with Crippen molar-refractivity contribution in [2.45, 2.75) is 12.8 Å². The van der Waals surface area contributed by atoms with Crippen molar-refractivity contribution in [3.63, 3.8) is 0 Å². The molecule has 4 rings (SSSR count). The number of rotatable bonds is 6. The average Bonchev–Trinajstić information content (AvgIpc) is 3.40. The molecule has 1 N–H and O–H groups in total. The fourth-order valence-corrected chi connectivity index (χ4v) is 4.11. The Balaban J connectivity index is 1.42. The molecule has 1 aliphatic rings. The van der Waals surface area contributed by atoms with Gasteiger partial charge in [-0.05, 0) is 30.2 Å². The van der Waals surface area contributed by atoms with Gasteiger partial charge in [-0.1, -0.05) is 18.2 Å². The zero-order valence-corrected chi connectivity index (χ0v) is 17.5. The number of hydrogen-bond donors (Lipinski definition) is 1. The Morgan fingerprint density at radius 3 is 2.60 bits per heavy atom. The number of nitrogens with zero attached hydrogens (tertiary/aromatic N) is 2. The summed E-state index contributed by atoms with van der Waals surface area (Å²) in [6.45, 7) is 0.684. The van der Waals surface area contributed by atoms with Crippen LogP contribution in [-0.4, -0.2) is 37.6 Å². The number of aromatic nitrogens is 1. The second kappa shape index (κ2) is 8.54. The third-order valence-electron chi connectivity index (χ3n) is 4.91. The van der Waals surface area contributed by atoms with Gasteiger partial charge in [-0.2, -0.15) is 0 Å². The standard InChI is InChI=1S/C22H21N3O4S/c1-28-17-9-15(10-18(12-17)29-2)21(27)24-22-23-16(13-30-22)11-20(26)25-8-7-14-5-3-4-6-19(14)25/h3-6,9-10,12-13H,7-8,11H2,1-2H3,(H,23,24,27). The molecule has 2 amide bonds. The Bertz CT molecular complexity index is 1070. The van der Waals surface area contributed by atoms with E-state index in [1.165, 1.54) is 31.1 Å². The van der Waals surface area contributed by atoms with E-state index in [0.717, 1.165) is 12.1 Å². The highest BCUT2D eigenvalue weighted by Crippen LogP contribution is 2.28. The van der Waals surface area contributed by atoms with E-state index in [4.69, 9.17) is 9.47 Å². The molecule has 1 aliphatic heterocycles. The van der Waals surface area contributed by atoms with E-state index in [1.54, 1.807) is 28.5 Å². The smallest absolute Gasteiger partial charge is 0.257 e. The summed E-state index contributed by atoms with van der Waals surface area (Å²) >= 11 is 1.29. The molecule has 0 bridgehead atoms. The molecule has 0 spiro atoms. The molecule has 3 aromatic rings. The molecule has 0 atom stereocenters. The van der Waals surface area contributed by atoms with Crippen LogP contribution in [0.15, 0.2) is 47.8 Å². The molecule has 154 valence electrons. The lowest BCUT2D eigenvalue weighted by molar-refractivity contribution is -0.117. The van der Waals surface area contributed by atoms with Crippen LogP contribution in [0.25, 0.3) is 0 Å². The highest BCUT2D eigenvalue weighted by atomic mass is 32.1. The number of para-hydroxylation sites is 1. The first-order chi connectivity index (χ1) is 14.6. The first-order valence-electron chi connectivity index (χ1n) is 9.44. The lowest BCUT2D eigenvalue weighted by Gasteiger charge is -2.16. The molecule has 0 radical (unpaired) electrons. The first-order valence-corrected chi connectivity index (χ1v) is 10.3. The van der Waals surface area contributed by atoms with Crippen LogP contribution in [0.1, 0.15) is 21.6 Å². The Morgan fingerprint density at radius 2 is 1.87 bits per heavy atom. The summed E-state index contributed by atoms with van der Waals surface area (Å²) in [5.74, 6) is 0.722. The number of hydrogen-bond acceptors (Lipinski definition) is 6. The van der Waals surface area contributed by atoms with Crippen LogP contribution in [0.3, 0.4) is 0 Å². The van der Waals surface area contributed by atoms with Crippen molar-refractivity contribution in [1.29, 1.82) is 0 Å². The minimum absolute atomic E-state index is 0.000610. The van der Waals surface area contributed by atoms with Crippen molar-refractivity contribution in [3.05, 3.63) is 64.7 Å². The number of nitrogens with one attached hydrogen (secondary N) is 1. The summed E-state index contributed by atoms with van der Waals surface area (Å²) in [7, 11) is 3.05. The van der Waals surface area contributed by atoms with Gasteiger partial charge in [-0.15, -0.1) is 11.3 Å². The minimum atomic E-state index is -0.326. The highest BCUT2D eigenvalue weighted by Gasteiger charge is 2.24. The Labute approximate surface area is 178 Å². The summed E-state index contributed by atoms with van der Waals surface area (Å²) in [6, 6.07) is 12.9. The molecule has 2 aromatic carbocycles. The van der Waals surface area contributed by atoms with Crippen LogP contribution in [0.4, 0.5) is 10.8 Å². The van der Waals surface area contributed by atoms with Gasteiger partial charge >= 0.3 is 0 Å². The molecule has 0 saturated heterocycles. The molecule has 7 nitrogen and oxygen atoms in total. The van der Waals surface area contributed by atoms with E-state index < -0.39 is 0 Å². The van der Waals surface area contributed by atoms with Gasteiger partial charge in [0.25, 0.3) is 5.91 Å². The van der Waals surface area contributed by atoms with E-state index in [9.17, 15) is 9.59 Å². The molecular weight excluding hydrogens is 402 g/mol. The second-order valence-corrected chi connectivity index (χ2v) is 7.66. The van der Waals surface area contributed by atoms with E-state index in [0.29, 0.717) is 34.4 Å². The predicted molar refractivity (Wildman–Crippen MR) is 116 cm³/mol. The van der Waals surface area contributed by atoms with Gasteiger partial charge < -0.3 is 14.4 Å². The van der Waals surface area contributed by atoms with Gasteiger partial charge in [0.05, 0.1) is 26.3 Å². The second-order valence-electron chi connectivity index (χ2n) is 6.80. The van der Waals surface area contributed by atoms with Crippen molar-refractivity contribution >= 4 is 34.0 Å². The van der Waals surface area contributed by atoms with Crippen molar-refractivity contribution in [2.75, 3.05) is 31.0 Å². The largest absolute Gasteiger partial charge is 0.497 e. The van der Waals surface area contributed by atoms with Gasteiger partial charge in [0.1, 0.15) is 11.5 Å². The summed E-state index contributed by atoms with van der Waals surface area (Å²) in [5, 5.41) is 5.00. The zero-order valence-electron chi connectivity index (χ0n) is 16.7. The van der Waals surface area contributed by atoms with Gasteiger partial charge in [0, 0.05) is 29.2 Å².